The minimum absolute atomic E-state index is 0.0602. The molecule has 2 aliphatic rings. The molecule has 35 heavy (non-hydrogen) atoms. The zero-order chi connectivity index (χ0) is 25.2. The second-order valence-corrected chi connectivity index (χ2v) is 11.1. The molecule has 1 aliphatic carbocycles. The lowest BCUT2D eigenvalue weighted by Crippen LogP contribution is -2.60. The molecule has 1 saturated carbocycles. The van der Waals surface area contributed by atoms with Crippen LogP contribution in [0.3, 0.4) is 0 Å². The molecule has 1 aromatic carbocycles. The largest absolute Gasteiger partial charge is 0.397 e. The SMILES string of the molecule is CC1(C)CN(C(=O)CCC2CCCCC2)CCC1(O)Cn1cc(N)c(-c2ccccc2F)cc1=O. The van der Waals surface area contributed by atoms with Crippen molar-refractivity contribution < 1.29 is 14.3 Å². The van der Waals surface area contributed by atoms with Gasteiger partial charge in [-0.1, -0.05) is 64.2 Å². The molecule has 3 N–H and O–H groups in total. The van der Waals surface area contributed by atoms with Gasteiger partial charge in [-0.25, -0.2) is 4.39 Å². The van der Waals surface area contributed by atoms with Crippen LogP contribution in [-0.4, -0.2) is 39.2 Å². The van der Waals surface area contributed by atoms with E-state index in [1.54, 1.807) is 18.2 Å². The number of nitrogen functional groups attached to an aromatic ring is 1. The van der Waals surface area contributed by atoms with E-state index in [-0.39, 0.29) is 29.3 Å². The summed E-state index contributed by atoms with van der Waals surface area (Å²) in [5.41, 5.74) is 4.92. The van der Waals surface area contributed by atoms with E-state index in [2.05, 4.69) is 0 Å². The van der Waals surface area contributed by atoms with Gasteiger partial charge in [-0.15, -0.1) is 0 Å². The Morgan fingerprint density at radius 1 is 1.17 bits per heavy atom. The van der Waals surface area contributed by atoms with Crippen molar-refractivity contribution in [1.82, 2.24) is 9.47 Å². The van der Waals surface area contributed by atoms with Crippen molar-refractivity contribution in [3.8, 4) is 11.1 Å². The van der Waals surface area contributed by atoms with Gasteiger partial charge in [0.05, 0.1) is 17.8 Å². The highest BCUT2D eigenvalue weighted by molar-refractivity contribution is 5.76. The van der Waals surface area contributed by atoms with Crippen molar-refractivity contribution in [2.75, 3.05) is 18.8 Å². The summed E-state index contributed by atoms with van der Waals surface area (Å²) in [7, 11) is 0. The molecule has 4 rings (SSSR count). The minimum Gasteiger partial charge on any atom is -0.397 e. The third-order valence-electron chi connectivity index (χ3n) is 8.24. The van der Waals surface area contributed by atoms with Crippen molar-refractivity contribution in [3.05, 3.63) is 52.7 Å². The molecule has 2 heterocycles. The number of aliphatic hydroxyl groups is 1. The molecule has 1 aromatic heterocycles. The quantitative estimate of drug-likeness (QED) is 0.629. The molecule has 190 valence electrons. The molecular formula is C28H38FN3O3. The summed E-state index contributed by atoms with van der Waals surface area (Å²) in [4.78, 5) is 27.7. The molecule has 1 atom stereocenters. The minimum atomic E-state index is -1.19. The smallest absolute Gasteiger partial charge is 0.251 e. The Morgan fingerprint density at radius 2 is 1.89 bits per heavy atom. The lowest BCUT2D eigenvalue weighted by molar-refractivity contribution is -0.154. The maximum absolute atomic E-state index is 14.2. The van der Waals surface area contributed by atoms with Gasteiger partial charge < -0.3 is 20.3 Å². The Morgan fingerprint density at radius 3 is 2.57 bits per heavy atom. The molecule has 1 aliphatic heterocycles. The Labute approximate surface area is 206 Å². The second-order valence-electron chi connectivity index (χ2n) is 11.1. The molecule has 1 amide bonds. The first-order valence-corrected chi connectivity index (χ1v) is 12.8. The predicted molar refractivity (Wildman–Crippen MR) is 136 cm³/mol. The van der Waals surface area contributed by atoms with E-state index in [1.807, 2.05) is 18.7 Å². The maximum Gasteiger partial charge on any atom is 0.251 e. The lowest BCUT2D eigenvalue weighted by atomic mass is 9.69. The fraction of sp³-hybridized carbons (Fsp3) is 0.571. The fourth-order valence-electron chi connectivity index (χ4n) is 5.74. The summed E-state index contributed by atoms with van der Waals surface area (Å²) in [6, 6.07) is 7.52. The van der Waals surface area contributed by atoms with Gasteiger partial charge >= 0.3 is 0 Å². The van der Waals surface area contributed by atoms with Gasteiger partial charge in [0.25, 0.3) is 5.56 Å². The number of anilines is 1. The van der Waals surface area contributed by atoms with Crippen molar-refractivity contribution >= 4 is 11.6 Å². The van der Waals surface area contributed by atoms with Crippen LogP contribution in [0.5, 0.6) is 0 Å². The Hall–Kier alpha value is -2.67. The fourth-order valence-corrected chi connectivity index (χ4v) is 5.74. The molecule has 0 radical (unpaired) electrons. The number of halogens is 1. The van der Waals surface area contributed by atoms with Gasteiger partial charge in [0.1, 0.15) is 5.82 Å². The first-order chi connectivity index (χ1) is 16.6. The number of rotatable bonds is 6. The Balaban J connectivity index is 1.45. The highest BCUT2D eigenvalue weighted by Gasteiger charge is 2.48. The summed E-state index contributed by atoms with van der Waals surface area (Å²) in [5, 5.41) is 11.6. The van der Waals surface area contributed by atoms with Crippen LogP contribution in [0.15, 0.2) is 41.3 Å². The molecule has 1 saturated heterocycles. The van der Waals surface area contributed by atoms with Crippen molar-refractivity contribution in [3.63, 3.8) is 0 Å². The summed E-state index contributed by atoms with van der Waals surface area (Å²) < 4.78 is 15.7. The number of piperidine rings is 1. The van der Waals surface area contributed by atoms with Crippen LogP contribution in [0.4, 0.5) is 10.1 Å². The van der Waals surface area contributed by atoms with Crippen LogP contribution in [0, 0.1) is 17.2 Å². The van der Waals surface area contributed by atoms with E-state index < -0.39 is 16.8 Å². The number of aromatic nitrogens is 1. The molecule has 6 nitrogen and oxygen atoms in total. The van der Waals surface area contributed by atoms with Gasteiger partial charge in [-0.3, -0.25) is 9.59 Å². The van der Waals surface area contributed by atoms with Crippen LogP contribution >= 0.6 is 0 Å². The average Bonchev–Trinajstić information content (AvgIpc) is 2.82. The van der Waals surface area contributed by atoms with E-state index in [9.17, 15) is 19.1 Å². The number of hydrogen-bond donors (Lipinski definition) is 2. The van der Waals surface area contributed by atoms with Crippen LogP contribution in [-0.2, 0) is 11.3 Å². The zero-order valence-electron chi connectivity index (χ0n) is 20.9. The van der Waals surface area contributed by atoms with Crippen LogP contribution < -0.4 is 11.3 Å². The number of nitrogens with two attached hydrogens (primary N) is 1. The summed E-state index contributed by atoms with van der Waals surface area (Å²) in [6.45, 7) is 4.83. The topological polar surface area (TPSA) is 88.6 Å². The van der Waals surface area contributed by atoms with Crippen LogP contribution in [0.25, 0.3) is 11.1 Å². The number of likely N-dealkylation sites (tertiary alicyclic amines) is 1. The number of carbonyl (C=O) groups is 1. The van der Waals surface area contributed by atoms with Crippen LogP contribution in [0.2, 0.25) is 0 Å². The first kappa shape index (κ1) is 25.4. The standard InChI is InChI=1S/C28H38FN3O3/c1-27(2)18-31(25(33)13-12-20-8-4-3-5-9-20)15-14-28(27,35)19-32-17-24(30)22(16-26(32)34)21-10-6-7-11-23(21)29/h6-7,10-11,16-17,20,35H,3-5,8-9,12-15,18-19,30H2,1-2H3. The number of hydrogen-bond acceptors (Lipinski definition) is 4. The summed E-state index contributed by atoms with van der Waals surface area (Å²) >= 11 is 0. The van der Waals surface area contributed by atoms with E-state index >= 15 is 0 Å². The molecular weight excluding hydrogens is 445 g/mol. The van der Waals surface area contributed by atoms with E-state index in [0.717, 1.165) is 6.42 Å². The normalized spacial score (nSPS) is 22.8. The van der Waals surface area contributed by atoms with Gasteiger partial charge in [0.15, 0.2) is 0 Å². The highest BCUT2D eigenvalue weighted by atomic mass is 19.1. The number of nitrogens with zero attached hydrogens (tertiary/aromatic N) is 2. The van der Waals surface area contributed by atoms with Crippen molar-refractivity contribution in [2.24, 2.45) is 11.3 Å². The lowest BCUT2D eigenvalue weighted by Gasteiger charge is -2.50. The maximum atomic E-state index is 14.2. The third-order valence-corrected chi connectivity index (χ3v) is 8.24. The van der Waals surface area contributed by atoms with Crippen molar-refractivity contribution in [1.29, 1.82) is 0 Å². The molecule has 0 bridgehead atoms. The predicted octanol–water partition coefficient (Wildman–Crippen LogP) is 4.59. The monoisotopic (exact) mass is 483 g/mol. The Bertz CT molecular complexity index is 1120. The molecule has 2 aromatic rings. The Kier molecular flexibility index (Phi) is 7.36. The third kappa shape index (κ3) is 5.45. The van der Waals surface area contributed by atoms with Gasteiger partial charge in [-0.2, -0.15) is 0 Å². The van der Waals surface area contributed by atoms with E-state index in [1.165, 1.54) is 55.0 Å². The summed E-state index contributed by atoms with van der Waals surface area (Å²) in [5.74, 6) is 0.366. The number of benzene rings is 1. The molecule has 7 heteroatoms. The zero-order valence-corrected chi connectivity index (χ0v) is 20.9. The molecule has 2 fully saturated rings. The number of amides is 1. The molecule has 1 unspecified atom stereocenters. The van der Waals surface area contributed by atoms with E-state index in [4.69, 9.17) is 5.73 Å². The van der Waals surface area contributed by atoms with Crippen LogP contribution in [0.1, 0.15) is 65.2 Å². The number of pyridine rings is 1. The molecule has 0 spiro atoms. The summed E-state index contributed by atoms with van der Waals surface area (Å²) in [6.07, 6.45) is 9.68. The van der Waals surface area contributed by atoms with Gasteiger partial charge in [0, 0.05) is 48.3 Å². The number of carbonyl (C=O) groups excluding carboxylic acids is 1. The van der Waals surface area contributed by atoms with Crippen molar-refractivity contribution in [2.45, 2.75) is 77.4 Å². The highest BCUT2D eigenvalue weighted by Crippen LogP contribution is 2.40. The average molecular weight is 484 g/mol. The van der Waals surface area contributed by atoms with E-state index in [0.29, 0.717) is 37.4 Å². The first-order valence-electron chi connectivity index (χ1n) is 12.8. The van der Waals surface area contributed by atoms with Gasteiger partial charge in [-0.05, 0) is 24.8 Å². The van der Waals surface area contributed by atoms with Gasteiger partial charge in [0.2, 0.25) is 5.91 Å². The second kappa shape index (κ2) is 10.1.